The van der Waals surface area contributed by atoms with Gasteiger partial charge in [0.1, 0.15) is 5.75 Å². The van der Waals surface area contributed by atoms with Gasteiger partial charge in [0.15, 0.2) is 17.5 Å². The quantitative estimate of drug-likeness (QED) is 0.408. The molecule has 0 aliphatic carbocycles. The van der Waals surface area contributed by atoms with Gasteiger partial charge in [-0.05, 0) is 23.6 Å². The lowest BCUT2D eigenvalue weighted by molar-refractivity contribution is 0.420. The van der Waals surface area contributed by atoms with Crippen molar-refractivity contribution < 1.29 is 4.74 Å². The fraction of sp³-hybridized carbons (Fsp3) is 0.188. The molecule has 0 aliphatic rings. The highest BCUT2D eigenvalue weighted by molar-refractivity contribution is 6.67. The molecule has 0 saturated heterocycles. The predicted octanol–water partition coefficient (Wildman–Crippen LogP) is 6.35. The van der Waals surface area contributed by atoms with Gasteiger partial charge in [0.05, 0.1) is 7.11 Å². The first-order valence-electron chi connectivity index (χ1n) is 7.07. The summed E-state index contributed by atoms with van der Waals surface area (Å²) in [6.45, 7) is 0. The van der Waals surface area contributed by atoms with E-state index < -0.39 is 7.59 Å². The predicted molar refractivity (Wildman–Crippen MR) is 108 cm³/mol. The fourth-order valence-corrected chi connectivity index (χ4v) is 2.84. The van der Waals surface area contributed by atoms with Gasteiger partial charge < -0.3 is 4.74 Å². The number of aromatic nitrogens is 3. The summed E-state index contributed by atoms with van der Waals surface area (Å²) >= 11 is 35.4. The van der Waals surface area contributed by atoms with Crippen LogP contribution < -0.4 is 4.74 Å². The van der Waals surface area contributed by atoms with Crippen LogP contribution in [0.25, 0.3) is 22.2 Å². The number of ether oxygens (including phenoxy) is 1. The molecule has 0 atom stereocenters. The van der Waals surface area contributed by atoms with Crippen LogP contribution in [0.2, 0.25) is 0 Å². The lowest BCUT2D eigenvalue weighted by Gasteiger charge is -2.16. The molecule has 0 radical (unpaired) electrons. The van der Waals surface area contributed by atoms with E-state index >= 15 is 0 Å². The van der Waals surface area contributed by atoms with Gasteiger partial charge in [0.2, 0.25) is 7.59 Å². The van der Waals surface area contributed by atoms with E-state index in [1.807, 2.05) is 30.3 Å². The number of nitrogens with zero attached hydrogens (tertiary/aromatic N) is 3. The lowest BCUT2D eigenvalue weighted by atomic mass is 10.1. The van der Waals surface area contributed by atoms with Gasteiger partial charge in [-0.2, -0.15) is 0 Å². The maximum Gasteiger partial charge on any atom is 0.250 e. The van der Waals surface area contributed by atoms with Crippen molar-refractivity contribution in [2.75, 3.05) is 7.11 Å². The summed E-state index contributed by atoms with van der Waals surface area (Å²) in [4.78, 5) is 12.4. The first kappa shape index (κ1) is 20.0. The molecule has 0 amide bonds. The summed E-state index contributed by atoms with van der Waals surface area (Å²) in [5, 5.41) is 1.84. The Morgan fingerprint density at radius 3 is 1.96 bits per heavy atom. The number of halogens is 6. The summed E-state index contributed by atoms with van der Waals surface area (Å²) in [7, 11) is 1.61. The Kier molecular flexibility index (Phi) is 5.65. The van der Waals surface area contributed by atoms with Crippen LogP contribution >= 0.6 is 69.6 Å². The second-order valence-corrected chi connectivity index (χ2v) is 9.76. The molecule has 0 spiro atoms. The van der Waals surface area contributed by atoms with E-state index in [0.29, 0.717) is 5.56 Å². The third-order valence-electron chi connectivity index (χ3n) is 3.46. The van der Waals surface area contributed by atoms with Gasteiger partial charge in [0, 0.05) is 10.9 Å². The van der Waals surface area contributed by atoms with E-state index in [0.717, 1.165) is 16.5 Å². The summed E-state index contributed by atoms with van der Waals surface area (Å²) in [6.07, 6.45) is 0. The highest BCUT2D eigenvalue weighted by Gasteiger charge is 2.34. The number of rotatable bonds is 2. The minimum Gasteiger partial charge on any atom is -0.496 e. The molecule has 0 saturated carbocycles. The molecule has 0 fully saturated rings. The van der Waals surface area contributed by atoms with E-state index in [1.165, 1.54) is 0 Å². The topological polar surface area (TPSA) is 47.9 Å². The Morgan fingerprint density at radius 2 is 1.42 bits per heavy atom. The molecular formula is C16H9Cl6N3O. The molecule has 0 unspecified atom stereocenters. The summed E-state index contributed by atoms with van der Waals surface area (Å²) in [5.41, 5.74) is 0.638. The molecule has 10 heteroatoms. The number of benzene rings is 2. The molecular weight excluding hydrogens is 463 g/mol. The van der Waals surface area contributed by atoms with Crippen LogP contribution in [0, 0.1) is 0 Å². The Labute approximate surface area is 179 Å². The van der Waals surface area contributed by atoms with Gasteiger partial charge in [-0.3, -0.25) is 0 Å². The molecule has 26 heavy (non-hydrogen) atoms. The van der Waals surface area contributed by atoms with Crippen LogP contribution in [-0.2, 0) is 7.59 Å². The van der Waals surface area contributed by atoms with E-state index in [1.54, 1.807) is 13.2 Å². The van der Waals surface area contributed by atoms with E-state index in [9.17, 15) is 0 Å². The Bertz CT molecular complexity index is 936. The second kappa shape index (κ2) is 7.34. The Morgan fingerprint density at radius 1 is 0.808 bits per heavy atom. The zero-order chi connectivity index (χ0) is 19.1. The molecule has 0 bridgehead atoms. The first-order chi connectivity index (χ1) is 12.1. The van der Waals surface area contributed by atoms with Crippen LogP contribution in [0.5, 0.6) is 5.75 Å². The van der Waals surface area contributed by atoms with Crippen LogP contribution in [0.3, 0.4) is 0 Å². The van der Waals surface area contributed by atoms with Crippen molar-refractivity contribution in [3.8, 4) is 17.1 Å². The molecule has 136 valence electrons. The molecule has 0 N–H and O–H groups in total. The number of alkyl halides is 6. The van der Waals surface area contributed by atoms with Gasteiger partial charge in [-0.25, -0.2) is 15.0 Å². The number of hydrogen-bond acceptors (Lipinski definition) is 4. The average molecular weight is 472 g/mol. The van der Waals surface area contributed by atoms with Crippen molar-refractivity contribution in [2.24, 2.45) is 0 Å². The van der Waals surface area contributed by atoms with Gasteiger partial charge in [-0.1, -0.05) is 87.8 Å². The Hall–Kier alpha value is -0.750. The summed E-state index contributed by atoms with van der Waals surface area (Å²) in [6, 6.07) is 11.2. The van der Waals surface area contributed by atoms with Crippen LogP contribution in [0.1, 0.15) is 11.6 Å². The minimum atomic E-state index is -1.90. The number of methoxy groups -OCH3 is 1. The molecule has 0 aliphatic heterocycles. The maximum absolute atomic E-state index is 5.91. The van der Waals surface area contributed by atoms with E-state index in [-0.39, 0.29) is 17.5 Å². The van der Waals surface area contributed by atoms with Crippen molar-refractivity contribution in [3.05, 3.63) is 48.0 Å². The van der Waals surface area contributed by atoms with Crippen LogP contribution in [0.4, 0.5) is 0 Å². The largest absolute Gasteiger partial charge is 0.496 e. The standard InChI is InChI=1S/C16H9Cl6N3O/c1-26-11-4-2-3-8-7-9(5-6-10(8)11)12-23-13(15(17,18)19)25-14(24-12)16(20,21)22/h2-7H,1H3. The van der Waals surface area contributed by atoms with E-state index in [2.05, 4.69) is 15.0 Å². The highest BCUT2D eigenvalue weighted by atomic mass is 35.6. The van der Waals surface area contributed by atoms with Crippen LogP contribution in [-0.4, -0.2) is 22.1 Å². The number of fused-ring (bicyclic) bond motifs is 1. The lowest BCUT2D eigenvalue weighted by Crippen LogP contribution is -2.16. The summed E-state index contributed by atoms with van der Waals surface area (Å²) in [5.74, 6) is 0.681. The maximum atomic E-state index is 5.91. The molecule has 2 aromatic carbocycles. The SMILES string of the molecule is COc1cccc2cc(-c3nc(C(Cl)(Cl)Cl)nc(C(Cl)(Cl)Cl)n3)ccc12. The van der Waals surface area contributed by atoms with Crippen molar-refractivity contribution in [1.29, 1.82) is 0 Å². The third-order valence-corrected chi connectivity index (χ3v) is 4.48. The van der Waals surface area contributed by atoms with Crippen LogP contribution in [0.15, 0.2) is 36.4 Å². The third kappa shape index (κ3) is 4.22. The monoisotopic (exact) mass is 469 g/mol. The smallest absolute Gasteiger partial charge is 0.250 e. The zero-order valence-electron chi connectivity index (χ0n) is 13.0. The number of hydrogen-bond donors (Lipinski definition) is 0. The van der Waals surface area contributed by atoms with E-state index in [4.69, 9.17) is 74.3 Å². The normalized spacial score (nSPS) is 12.4. The summed E-state index contributed by atoms with van der Waals surface area (Å²) < 4.78 is 1.55. The average Bonchev–Trinajstić information content (AvgIpc) is 2.58. The van der Waals surface area contributed by atoms with Crippen molar-refractivity contribution in [3.63, 3.8) is 0 Å². The fourth-order valence-electron chi connectivity index (χ4n) is 2.33. The van der Waals surface area contributed by atoms with Gasteiger partial charge >= 0.3 is 0 Å². The molecule has 3 rings (SSSR count). The van der Waals surface area contributed by atoms with Gasteiger partial charge in [0.25, 0.3) is 0 Å². The van der Waals surface area contributed by atoms with Crippen molar-refractivity contribution >= 4 is 80.4 Å². The highest BCUT2D eigenvalue weighted by Crippen LogP contribution is 2.41. The zero-order valence-corrected chi connectivity index (χ0v) is 17.5. The Balaban J connectivity index is 2.21. The molecule has 1 aromatic heterocycles. The van der Waals surface area contributed by atoms with Crippen molar-refractivity contribution in [2.45, 2.75) is 7.59 Å². The molecule has 4 nitrogen and oxygen atoms in total. The molecule has 3 aromatic rings. The minimum absolute atomic E-state index is 0.139. The first-order valence-corrected chi connectivity index (χ1v) is 9.34. The molecule has 1 heterocycles. The van der Waals surface area contributed by atoms with Crippen molar-refractivity contribution in [1.82, 2.24) is 15.0 Å². The van der Waals surface area contributed by atoms with Gasteiger partial charge in [-0.15, -0.1) is 0 Å². The second-order valence-electron chi connectivity index (χ2n) is 5.20.